The van der Waals surface area contributed by atoms with E-state index in [4.69, 9.17) is 10.7 Å². The molecule has 0 amide bonds. The van der Waals surface area contributed by atoms with E-state index in [-0.39, 0.29) is 0 Å². The fourth-order valence-electron chi connectivity index (χ4n) is 2.41. The predicted octanol–water partition coefficient (Wildman–Crippen LogP) is 3.02. The SMILES string of the molecule is CCc1c(-c2ccc(CN)cc2)nc2ccccn12. The molecule has 2 heterocycles. The molecule has 3 rings (SSSR count). The number of aromatic nitrogens is 2. The zero-order valence-electron chi connectivity index (χ0n) is 11.0. The van der Waals surface area contributed by atoms with Crippen molar-refractivity contribution in [3.63, 3.8) is 0 Å². The lowest BCUT2D eigenvalue weighted by molar-refractivity contribution is 0.997. The molecule has 0 atom stereocenters. The summed E-state index contributed by atoms with van der Waals surface area (Å²) in [7, 11) is 0. The van der Waals surface area contributed by atoms with Crippen LogP contribution < -0.4 is 5.73 Å². The molecular formula is C16H17N3. The first-order valence-corrected chi connectivity index (χ1v) is 6.59. The van der Waals surface area contributed by atoms with Crippen molar-refractivity contribution in [2.24, 2.45) is 5.73 Å². The lowest BCUT2D eigenvalue weighted by atomic mass is 10.1. The van der Waals surface area contributed by atoms with Crippen molar-refractivity contribution in [1.29, 1.82) is 0 Å². The first kappa shape index (κ1) is 11.9. The standard InChI is InChI=1S/C16H17N3/c1-2-14-16(13-8-6-12(11-17)7-9-13)18-15-5-3-4-10-19(14)15/h3-10H,2,11,17H2,1H3. The van der Waals surface area contributed by atoms with Crippen LogP contribution in [-0.4, -0.2) is 9.38 Å². The molecule has 0 spiro atoms. The van der Waals surface area contributed by atoms with E-state index in [1.54, 1.807) is 0 Å². The molecule has 0 saturated heterocycles. The van der Waals surface area contributed by atoms with Crippen molar-refractivity contribution in [2.45, 2.75) is 19.9 Å². The lowest BCUT2D eigenvalue weighted by Gasteiger charge is -2.03. The summed E-state index contributed by atoms with van der Waals surface area (Å²) >= 11 is 0. The quantitative estimate of drug-likeness (QED) is 0.777. The largest absolute Gasteiger partial charge is 0.326 e. The Kier molecular flexibility index (Phi) is 3.05. The number of hydrogen-bond acceptors (Lipinski definition) is 2. The molecule has 0 aliphatic carbocycles. The highest BCUT2D eigenvalue weighted by atomic mass is 15.0. The van der Waals surface area contributed by atoms with E-state index in [0.29, 0.717) is 6.54 Å². The minimum atomic E-state index is 0.575. The van der Waals surface area contributed by atoms with E-state index in [1.807, 2.05) is 18.2 Å². The van der Waals surface area contributed by atoms with Gasteiger partial charge in [-0.05, 0) is 24.1 Å². The molecule has 3 heteroatoms. The van der Waals surface area contributed by atoms with E-state index < -0.39 is 0 Å². The highest BCUT2D eigenvalue weighted by molar-refractivity contribution is 5.66. The molecule has 2 N–H and O–H groups in total. The molecule has 0 fully saturated rings. The number of nitrogens with two attached hydrogens (primary N) is 1. The minimum absolute atomic E-state index is 0.575. The average Bonchev–Trinajstić information content (AvgIpc) is 2.85. The van der Waals surface area contributed by atoms with Gasteiger partial charge >= 0.3 is 0 Å². The van der Waals surface area contributed by atoms with Crippen molar-refractivity contribution < 1.29 is 0 Å². The Labute approximate surface area is 112 Å². The molecule has 0 radical (unpaired) electrons. The highest BCUT2D eigenvalue weighted by Gasteiger charge is 2.11. The molecule has 1 aromatic carbocycles. The van der Waals surface area contributed by atoms with Gasteiger partial charge in [-0.2, -0.15) is 0 Å². The third-order valence-electron chi connectivity index (χ3n) is 3.43. The zero-order chi connectivity index (χ0) is 13.2. The van der Waals surface area contributed by atoms with Gasteiger partial charge in [0.2, 0.25) is 0 Å². The number of rotatable bonds is 3. The van der Waals surface area contributed by atoms with E-state index in [2.05, 4.69) is 41.8 Å². The zero-order valence-corrected chi connectivity index (χ0v) is 11.0. The summed E-state index contributed by atoms with van der Waals surface area (Å²) in [6, 6.07) is 14.4. The molecule has 0 bridgehead atoms. The molecule has 3 aromatic rings. The highest BCUT2D eigenvalue weighted by Crippen LogP contribution is 2.25. The van der Waals surface area contributed by atoms with Crippen molar-refractivity contribution >= 4 is 5.65 Å². The van der Waals surface area contributed by atoms with Gasteiger partial charge in [-0.1, -0.05) is 37.3 Å². The Balaban J connectivity index is 2.17. The van der Waals surface area contributed by atoms with Crippen LogP contribution in [0.1, 0.15) is 18.2 Å². The second kappa shape index (κ2) is 4.86. The van der Waals surface area contributed by atoms with Crippen LogP contribution >= 0.6 is 0 Å². The van der Waals surface area contributed by atoms with Crippen LogP contribution in [0.15, 0.2) is 48.7 Å². The number of aryl methyl sites for hydroxylation is 1. The fourth-order valence-corrected chi connectivity index (χ4v) is 2.41. The summed E-state index contributed by atoms with van der Waals surface area (Å²) in [6.45, 7) is 2.74. The van der Waals surface area contributed by atoms with Crippen LogP contribution in [0.3, 0.4) is 0 Å². The number of benzene rings is 1. The van der Waals surface area contributed by atoms with Crippen LogP contribution in [0, 0.1) is 0 Å². The second-order valence-corrected chi connectivity index (χ2v) is 4.59. The smallest absolute Gasteiger partial charge is 0.137 e. The van der Waals surface area contributed by atoms with Gasteiger partial charge in [0.1, 0.15) is 5.65 Å². The van der Waals surface area contributed by atoms with Gasteiger partial charge in [0.15, 0.2) is 0 Å². The third kappa shape index (κ3) is 2.02. The lowest BCUT2D eigenvalue weighted by Crippen LogP contribution is -1.96. The summed E-state index contributed by atoms with van der Waals surface area (Å²) in [5.74, 6) is 0. The number of hydrogen-bond donors (Lipinski definition) is 1. The maximum atomic E-state index is 5.64. The van der Waals surface area contributed by atoms with E-state index in [0.717, 1.165) is 28.9 Å². The number of imidazole rings is 1. The van der Waals surface area contributed by atoms with Crippen LogP contribution in [0.5, 0.6) is 0 Å². The first-order chi connectivity index (χ1) is 9.33. The minimum Gasteiger partial charge on any atom is -0.326 e. The van der Waals surface area contributed by atoms with Gasteiger partial charge in [-0.25, -0.2) is 4.98 Å². The van der Waals surface area contributed by atoms with Crippen LogP contribution in [0.2, 0.25) is 0 Å². The predicted molar refractivity (Wildman–Crippen MR) is 77.9 cm³/mol. The Morgan fingerprint density at radius 3 is 2.58 bits per heavy atom. The molecule has 2 aromatic heterocycles. The average molecular weight is 251 g/mol. The molecule has 96 valence electrons. The molecule has 3 nitrogen and oxygen atoms in total. The summed E-state index contributed by atoms with van der Waals surface area (Å²) in [5.41, 5.74) is 11.2. The summed E-state index contributed by atoms with van der Waals surface area (Å²) in [5, 5.41) is 0. The summed E-state index contributed by atoms with van der Waals surface area (Å²) in [4.78, 5) is 4.74. The molecule has 0 aliphatic heterocycles. The van der Waals surface area contributed by atoms with Crippen LogP contribution in [-0.2, 0) is 13.0 Å². The molecule has 0 aliphatic rings. The second-order valence-electron chi connectivity index (χ2n) is 4.59. The topological polar surface area (TPSA) is 43.3 Å². The first-order valence-electron chi connectivity index (χ1n) is 6.59. The summed E-state index contributed by atoms with van der Waals surface area (Å²) < 4.78 is 2.16. The van der Waals surface area contributed by atoms with Crippen LogP contribution in [0.4, 0.5) is 0 Å². The maximum absolute atomic E-state index is 5.64. The maximum Gasteiger partial charge on any atom is 0.137 e. The Hall–Kier alpha value is -2.13. The molecule has 0 unspecified atom stereocenters. The van der Waals surface area contributed by atoms with Gasteiger partial charge in [0.05, 0.1) is 11.4 Å². The van der Waals surface area contributed by atoms with E-state index >= 15 is 0 Å². The number of nitrogens with zero attached hydrogens (tertiary/aromatic N) is 2. The van der Waals surface area contributed by atoms with E-state index in [9.17, 15) is 0 Å². The Bertz CT molecular complexity index is 696. The number of pyridine rings is 1. The normalized spacial score (nSPS) is 11.1. The third-order valence-corrected chi connectivity index (χ3v) is 3.43. The number of fused-ring (bicyclic) bond motifs is 1. The summed E-state index contributed by atoms with van der Waals surface area (Å²) in [6.07, 6.45) is 3.03. The van der Waals surface area contributed by atoms with Gasteiger partial charge in [-0.15, -0.1) is 0 Å². The van der Waals surface area contributed by atoms with Gasteiger partial charge in [0, 0.05) is 18.3 Å². The van der Waals surface area contributed by atoms with Crippen molar-refractivity contribution in [3.8, 4) is 11.3 Å². The van der Waals surface area contributed by atoms with Gasteiger partial charge in [0.25, 0.3) is 0 Å². The Morgan fingerprint density at radius 1 is 1.11 bits per heavy atom. The monoisotopic (exact) mass is 251 g/mol. The molecule has 19 heavy (non-hydrogen) atoms. The van der Waals surface area contributed by atoms with Gasteiger partial charge < -0.3 is 10.1 Å². The van der Waals surface area contributed by atoms with Crippen LogP contribution in [0.25, 0.3) is 16.9 Å². The molecule has 0 saturated carbocycles. The van der Waals surface area contributed by atoms with Crippen molar-refractivity contribution in [2.75, 3.05) is 0 Å². The fraction of sp³-hybridized carbons (Fsp3) is 0.188. The molecular weight excluding hydrogens is 234 g/mol. The van der Waals surface area contributed by atoms with Crippen molar-refractivity contribution in [3.05, 3.63) is 59.9 Å². The van der Waals surface area contributed by atoms with Crippen molar-refractivity contribution in [1.82, 2.24) is 9.38 Å². The Morgan fingerprint density at radius 2 is 1.89 bits per heavy atom. The van der Waals surface area contributed by atoms with Gasteiger partial charge in [-0.3, -0.25) is 0 Å². The van der Waals surface area contributed by atoms with E-state index in [1.165, 1.54) is 5.69 Å².